The molecule has 1 aromatic heterocycles. The number of hydrogen-bond acceptors (Lipinski definition) is 7. The highest BCUT2D eigenvalue weighted by atomic mass is 35.5. The molecule has 2 aliphatic rings. The fourth-order valence-electron chi connectivity index (χ4n) is 3.79. The molecule has 9 heteroatoms. The molecule has 1 aromatic carbocycles. The summed E-state index contributed by atoms with van der Waals surface area (Å²) in [7, 11) is 0. The van der Waals surface area contributed by atoms with Gasteiger partial charge in [-0.25, -0.2) is 0 Å². The van der Waals surface area contributed by atoms with Crippen molar-refractivity contribution in [3.05, 3.63) is 28.8 Å². The van der Waals surface area contributed by atoms with Crippen LogP contribution in [0.3, 0.4) is 0 Å². The molecule has 2 aliphatic heterocycles. The second-order valence-corrected chi connectivity index (χ2v) is 7.38. The van der Waals surface area contributed by atoms with E-state index in [4.69, 9.17) is 17.3 Å². The largest absolute Gasteiger partial charge is 0.339 e. The lowest BCUT2D eigenvalue weighted by atomic mass is 9.89. The summed E-state index contributed by atoms with van der Waals surface area (Å²) in [5.41, 5.74) is 9.00. The molecule has 0 amide bonds. The van der Waals surface area contributed by atoms with Gasteiger partial charge in [-0.1, -0.05) is 16.7 Å². The van der Waals surface area contributed by atoms with Gasteiger partial charge in [-0.15, -0.1) is 0 Å². The fraction of sp³-hybridized carbons (Fsp3) is 0.529. The lowest BCUT2D eigenvalue weighted by molar-refractivity contribution is 0.484. The van der Waals surface area contributed by atoms with Crippen LogP contribution >= 0.6 is 11.6 Å². The van der Waals surface area contributed by atoms with E-state index in [0.29, 0.717) is 5.92 Å². The van der Waals surface area contributed by atoms with Crippen molar-refractivity contribution in [1.82, 2.24) is 25.5 Å². The molecule has 2 aromatic rings. The van der Waals surface area contributed by atoms with Crippen LogP contribution in [0.25, 0.3) is 5.69 Å². The zero-order chi connectivity index (χ0) is 18.3. The molecule has 0 saturated carbocycles. The third-order valence-electron chi connectivity index (χ3n) is 5.19. The molecule has 26 heavy (non-hydrogen) atoms. The monoisotopic (exact) mass is 374 g/mol. The minimum absolute atomic E-state index is 0.254. The van der Waals surface area contributed by atoms with Gasteiger partial charge in [0.2, 0.25) is 5.95 Å². The second-order valence-electron chi connectivity index (χ2n) is 6.97. The molecule has 2 atom stereocenters. The third-order valence-corrected chi connectivity index (χ3v) is 5.61. The van der Waals surface area contributed by atoms with Gasteiger partial charge in [0.05, 0.1) is 5.69 Å². The van der Waals surface area contributed by atoms with Crippen molar-refractivity contribution < 1.29 is 0 Å². The number of tetrazole rings is 1. The Morgan fingerprint density at radius 3 is 2.69 bits per heavy atom. The Bertz CT molecular complexity index is 824. The van der Waals surface area contributed by atoms with Crippen LogP contribution in [-0.4, -0.2) is 51.3 Å². The fourth-order valence-corrected chi connectivity index (χ4v) is 3.91. The van der Waals surface area contributed by atoms with Crippen LogP contribution in [0.1, 0.15) is 25.3 Å². The number of halogens is 1. The van der Waals surface area contributed by atoms with E-state index in [1.807, 2.05) is 25.1 Å². The lowest BCUT2D eigenvalue weighted by Crippen LogP contribution is -2.42. The van der Waals surface area contributed by atoms with E-state index in [9.17, 15) is 0 Å². The summed E-state index contributed by atoms with van der Waals surface area (Å²) in [4.78, 5) is 6.80. The zero-order valence-corrected chi connectivity index (χ0v) is 15.7. The maximum atomic E-state index is 6.13. The molecule has 0 aliphatic carbocycles. The number of anilines is 1. The summed E-state index contributed by atoms with van der Waals surface area (Å²) in [5.74, 6) is 1.23. The summed E-state index contributed by atoms with van der Waals surface area (Å²) in [6.45, 7) is 5.88. The van der Waals surface area contributed by atoms with Gasteiger partial charge < -0.3 is 4.90 Å². The summed E-state index contributed by atoms with van der Waals surface area (Å²) in [5, 5.41) is 16.3. The van der Waals surface area contributed by atoms with E-state index in [2.05, 4.69) is 37.7 Å². The van der Waals surface area contributed by atoms with Crippen LogP contribution in [0, 0.1) is 12.8 Å². The predicted octanol–water partition coefficient (Wildman–Crippen LogP) is 1.52. The molecule has 0 spiro atoms. The molecule has 3 N–H and O–H groups in total. The molecule has 0 bridgehead atoms. The zero-order valence-electron chi connectivity index (χ0n) is 14.9. The number of piperidine rings is 1. The van der Waals surface area contributed by atoms with Crippen LogP contribution in [0.5, 0.6) is 0 Å². The Balaban J connectivity index is 1.50. The minimum atomic E-state index is -0.265. The lowest BCUT2D eigenvalue weighted by Gasteiger charge is -2.33. The van der Waals surface area contributed by atoms with Gasteiger partial charge in [0, 0.05) is 35.8 Å². The first-order chi connectivity index (χ1) is 12.5. The van der Waals surface area contributed by atoms with Crippen molar-refractivity contribution in [2.45, 2.75) is 39.0 Å². The van der Waals surface area contributed by atoms with Crippen molar-refractivity contribution in [3.8, 4) is 5.69 Å². The van der Waals surface area contributed by atoms with Crippen LogP contribution in [0.2, 0.25) is 5.02 Å². The van der Waals surface area contributed by atoms with Gasteiger partial charge in [-0.2, -0.15) is 4.68 Å². The van der Waals surface area contributed by atoms with Crippen molar-refractivity contribution in [2.75, 3.05) is 18.0 Å². The normalized spacial score (nSPS) is 24.2. The SMILES string of the molecule is Cc1cc(-n2nnnc2N2CCC(C3=NC(N)NC3C)CC2)ccc1Cl. The van der Waals surface area contributed by atoms with Gasteiger partial charge in [0.25, 0.3) is 0 Å². The first-order valence-corrected chi connectivity index (χ1v) is 9.30. The number of aromatic nitrogens is 4. The molecule has 4 rings (SSSR count). The standard InChI is InChI=1S/C17H23ClN8/c1-10-9-13(3-4-14(10)18)26-17(22-23-24-26)25-7-5-12(6-8-25)15-11(2)20-16(19)21-15/h3-4,9,11-12,16,20H,5-8,19H2,1-2H3. The summed E-state index contributed by atoms with van der Waals surface area (Å²) < 4.78 is 1.77. The first kappa shape index (κ1) is 17.4. The Morgan fingerprint density at radius 2 is 2.04 bits per heavy atom. The van der Waals surface area contributed by atoms with E-state index >= 15 is 0 Å². The van der Waals surface area contributed by atoms with Crippen LogP contribution < -0.4 is 16.0 Å². The number of hydrogen-bond donors (Lipinski definition) is 2. The minimum Gasteiger partial charge on any atom is -0.339 e. The molecule has 0 radical (unpaired) electrons. The average molecular weight is 375 g/mol. The number of nitrogens with two attached hydrogens (primary N) is 1. The maximum Gasteiger partial charge on any atom is 0.250 e. The highest BCUT2D eigenvalue weighted by Crippen LogP contribution is 2.27. The number of nitrogens with zero attached hydrogens (tertiary/aromatic N) is 6. The summed E-state index contributed by atoms with van der Waals surface area (Å²) >= 11 is 6.13. The van der Waals surface area contributed by atoms with Crippen molar-refractivity contribution in [2.24, 2.45) is 16.6 Å². The van der Waals surface area contributed by atoms with Crippen molar-refractivity contribution in [1.29, 1.82) is 0 Å². The predicted molar refractivity (Wildman–Crippen MR) is 102 cm³/mol. The molecule has 8 nitrogen and oxygen atoms in total. The number of nitrogens with one attached hydrogen (secondary N) is 1. The Hall–Kier alpha value is -2.03. The number of aliphatic imine (C=N–C) groups is 1. The molecule has 2 unspecified atom stereocenters. The molecule has 3 heterocycles. The van der Waals surface area contributed by atoms with Crippen molar-refractivity contribution in [3.63, 3.8) is 0 Å². The number of benzene rings is 1. The molecular formula is C17H23ClN8. The van der Waals surface area contributed by atoms with E-state index in [1.165, 1.54) is 5.71 Å². The summed E-state index contributed by atoms with van der Waals surface area (Å²) in [6.07, 6.45) is 1.77. The Kier molecular flexibility index (Phi) is 4.64. The van der Waals surface area contributed by atoms with E-state index < -0.39 is 0 Å². The molecule has 1 saturated heterocycles. The molecular weight excluding hydrogens is 352 g/mol. The third kappa shape index (κ3) is 3.20. The maximum absolute atomic E-state index is 6.13. The average Bonchev–Trinajstić information content (AvgIpc) is 3.24. The van der Waals surface area contributed by atoms with Gasteiger partial charge in [0.15, 0.2) is 6.29 Å². The highest BCUT2D eigenvalue weighted by Gasteiger charge is 2.32. The molecule has 1 fully saturated rings. The second kappa shape index (κ2) is 6.94. The van der Waals surface area contributed by atoms with Crippen molar-refractivity contribution >= 4 is 23.3 Å². The number of aryl methyl sites for hydroxylation is 1. The van der Waals surface area contributed by atoms with E-state index in [-0.39, 0.29) is 12.3 Å². The van der Waals surface area contributed by atoms with Crippen LogP contribution in [0.15, 0.2) is 23.2 Å². The highest BCUT2D eigenvalue weighted by molar-refractivity contribution is 6.31. The smallest absolute Gasteiger partial charge is 0.250 e. The van der Waals surface area contributed by atoms with E-state index in [1.54, 1.807) is 4.68 Å². The molecule has 138 valence electrons. The van der Waals surface area contributed by atoms with Crippen LogP contribution in [-0.2, 0) is 0 Å². The quantitative estimate of drug-likeness (QED) is 0.845. The van der Waals surface area contributed by atoms with E-state index in [0.717, 1.165) is 48.2 Å². The van der Waals surface area contributed by atoms with Gasteiger partial charge in [-0.05, 0) is 60.9 Å². The Morgan fingerprint density at radius 1 is 1.27 bits per heavy atom. The topological polar surface area (TPSA) is 97.2 Å². The van der Waals surface area contributed by atoms with Gasteiger partial charge in [-0.3, -0.25) is 16.0 Å². The van der Waals surface area contributed by atoms with Gasteiger partial charge >= 0.3 is 0 Å². The Labute approximate surface area is 157 Å². The first-order valence-electron chi connectivity index (χ1n) is 8.92. The van der Waals surface area contributed by atoms with Crippen LogP contribution in [0.4, 0.5) is 5.95 Å². The summed E-state index contributed by atoms with van der Waals surface area (Å²) in [6, 6.07) is 6.06. The van der Waals surface area contributed by atoms with Gasteiger partial charge in [0.1, 0.15) is 0 Å². The number of rotatable bonds is 3.